The van der Waals surface area contributed by atoms with Gasteiger partial charge in [-0.05, 0) is 38.0 Å². The van der Waals surface area contributed by atoms with Crippen LogP contribution in [0.3, 0.4) is 0 Å². The molecule has 1 heterocycles. The van der Waals surface area contributed by atoms with E-state index in [9.17, 15) is 9.90 Å². The minimum atomic E-state index is -0.724. The molecule has 0 bridgehead atoms. The zero-order valence-electron chi connectivity index (χ0n) is 14.6. The maximum absolute atomic E-state index is 10.5. The summed E-state index contributed by atoms with van der Waals surface area (Å²) in [4.78, 5) is 10.5. The summed E-state index contributed by atoms with van der Waals surface area (Å²) in [7, 11) is 0. The SMILES string of the molecule is C=C[C@@H]1[C@@H](CCCCCCC(=O)O)[C@@H](O)C[C@H]1OC1CCCCO1. The average Bonchev–Trinajstić information content (AvgIpc) is 2.86. The van der Waals surface area contributed by atoms with E-state index in [0.717, 1.165) is 58.0 Å². The molecule has 5 atom stereocenters. The molecule has 0 aromatic rings. The molecule has 2 aliphatic rings. The smallest absolute Gasteiger partial charge is 0.303 e. The van der Waals surface area contributed by atoms with Gasteiger partial charge in [0.05, 0.1) is 12.2 Å². The summed E-state index contributed by atoms with van der Waals surface area (Å²) in [5.74, 6) is -0.363. The summed E-state index contributed by atoms with van der Waals surface area (Å²) in [6.45, 7) is 4.71. The third kappa shape index (κ3) is 5.87. The van der Waals surface area contributed by atoms with E-state index in [1.165, 1.54) is 0 Å². The van der Waals surface area contributed by atoms with Crippen molar-refractivity contribution in [3.63, 3.8) is 0 Å². The van der Waals surface area contributed by atoms with Crippen molar-refractivity contribution < 1.29 is 24.5 Å². The first-order valence-corrected chi connectivity index (χ1v) is 9.41. The minimum Gasteiger partial charge on any atom is -0.481 e. The summed E-state index contributed by atoms with van der Waals surface area (Å²) in [5, 5.41) is 19.1. The fourth-order valence-corrected chi connectivity index (χ4v) is 3.98. The van der Waals surface area contributed by atoms with Gasteiger partial charge in [0.15, 0.2) is 6.29 Å². The van der Waals surface area contributed by atoms with E-state index in [4.69, 9.17) is 14.6 Å². The Kier molecular flexibility index (Phi) is 8.22. The van der Waals surface area contributed by atoms with Crippen LogP contribution >= 0.6 is 0 Å². The molecule has 1 aliphatic carbocycles. The molecule has 0 aromatic carbocycles. The van der Waals surface area contributed by atoms with Crippen molar-refractivity contribution in [3.05, 3.63) is 12.7 Å². The largest absolute Gasteiger partial charge is 0.481 e. The number of aliphatic hydroxyl groups excluding tert-OH is 1. The normalized spacial score (nSPS) is 33.5. The molecule has 1 saturated heterocycles. The highest BCUT2D eigenvalue weighted by Gasteiger charge is 2.42. The van der Waals surface area contributed by atoms with Crippen LogP contribution in [-0.2, 0) is 14.3 Å². The Morgan fingerprint density at radius 2 is 2.04 bits per heavy atom. The number of aliphatic hydroxyl groups is 1. The van der Waals surface area contributed by atoms with Crippen molar-refractivity contribution in [1.82, 2.24) is 0 Å². The molecule has 2 fully saturated rings. The van der Waals surface area contributed by atoms with Crippen LogP contribution < -0.4 is 0 Å². The highest BCUT2D eigenvalue weighted by Crippen LogP contribution is 2.39. The number of hydrogen-bond acceptors (Lipinski definition) is 4. The van der Waals surface area contributed by atoms with Crippen molar-refractivity contribution in [2.45, 2.75) is 82.7 Å². The van der Waals surface area contributed by atoms with Gasteiger partial charge in [-0.3, -0.25) is 4.79 Å². The maximum Gasteiger partial charge on any atom is 0.303 e. The van der Waals surface area contributed by atoms with Gasteiger partial charge in [-0.25, -0.2) is 0 Å². The van der Waals surface area contributed by atoms with Gasteiger partial charge in [0.1, 0.15) is 0 Å². The van der Waals surface area contributed by atoms with Crippen molar-refractivity contribution in [2.75, 3.05) is 6.61 Å². The molecule has 1 saturated carbocycles. The number of carbonyl (C=O) groups is 1. The first kappa shape index (κ1) is 19.4. The molecule has 0 radical (unpaired) electrons. The molecule has 5 nitrogen and oxygen atoms in total. The zero-order chi connectivity index (χ0) is 17.4. The van der Waals surface area contributed by atoms with Crippen molar-refractivity contribution in [3.8, 4) is 0 Å². The van der Waals surface area contributed by atoms with E-state index < -0.39 is 5.97 Å². The Morgan fingerprint density at radius 1 is 1.25 bits per heavy atom. The molecular weight excluding hydrogens is 308 g/mol. The summed E-state index contributed by atoms with van der Waals surface area (Å²) < 4.78 is 11.8. The van der Waals surface area contributed by atoms with Crippen molar-refractivity contribution in [1.29, 1.82) is 0 Å². The lowest BCUT2D eigenvalue weighted by Gasteiger charge is -2.29. The summed E-state index contributed by atoms with van der Waals surface area (Å²) in [5.41, 5.74) is 0. The van der Waals surface area contributed by atoms with Crippen molar-refractivity contribution >= 4 is 5.97 Å². The van der Waals surface area contributed by atoms with Crippen LogP contribution in [0.1, 0.15) is 64.2 Å². The highest BCUT2D eigenvalue weighted by molar-refractivity contribution is 5.66. The molecule has 1 unspecified atom stereocenters. The van der Waals surface area contributed by atoms with E-state index in [2.05, 4.69) is 6.58 Å². The van der Waals surface area contributed by atoms with Gasteiger partial charge < -0.3 is 19.7 Å². The zero-order valence-corrected chi connectivity index (χ0v) is 14.6. The number of hydrogen-bond donors (Lipinski definition) is 2. The second-order valence-corrected chi connectivity index (χ2v) is 7.10. The summed E-state index contributed by atoms with van der Waals surface area (Å²) in [6.07, 6.45) is 10.2. The third-order valence-electron chi connectivity index (χ3n) is 5.31. The molecule has 24 heavy (non-hydrogen) atoms. The second-order valence-electron chi connectivity index (χ2n) is 7.10. The van der Waals surface area contributed by atoms with Crippen LogP contribution in [0.4, 0.5) is 0 Å². The molecule has 138 valence electrons. The Hall–Kier alpha value is -0.910. The predicted octanol–water partition coefficient (Wildman–Crippen LogP) is 3.51. The van der Waals surface area contributed by atoms with Gasteiger partial charge in [-0.15, -0.1) is 6.58 Å². The Morgan fingerprint density at radius 3 is 2.71 bits per heavy atom. The number of carboxylic acids is 1. The second kappa shape index (κ2) is 10.2. The maximum atomic E-state index is 10.5. The molecular formula is C19H32O5. The molecule has 2 N–H and O–H groups in total. The topological polar surface area (TPSA) is 76.0 Å². The monoisotopic (exact) mass is 340 g/mol. The van der Waals surface area contributed by atoms with Gasteiger partial charge in [0, 0.05) is 25.4 Å². The number of aliphatic carboxylic acids is 1. The van der Waals surface area contributed by atoms with Crippen LogP contribution in [0.25, 0.3) is 0 Å². The predicted molar refractivity (Wildman–Crippen MR) is 91.6 cm³/mol. The summed E-state index contributed by atoms with van der Waals surface area (Å²) >= 11 is 0. The fourth-order valence-electron chi connectivity index (χ4n) is 3.98. The van der Waals surface area contributed by atoms with Gasteiger partial charge in [0.25, 0.3) is 0 Å². The lowest BCUT2D eigenvalue weighted by atomic mass is 9.88. The molecule has 2 rings (SSSR count). The lowest BCUT2D eigenvalue weighted by molar-refractivity contribution is -0.193. The highest BCUT2D eigenvalue weighted by atomic mass is 16.7. The summed E-state index contributed by atoms with van der Waals surface area (Å²) in [6, 6.07) is 0. The van der Waals surface area contributed by atoms with Crippen LogP contribution in [0.15, 0.2) is 12.7 Å². The van der Waals surface area contributed by atoms with Gasteiger partial charge in [-0.1, -0.05) is 25.3 Å². The average molecular weight is 340 g/mol. The first-order valence-electron chi connectivity index (χ1n) is 9.41. The Balaban J connectivity index is 1.73. The van der Waals surface area contributed by atoms with E-state index in [1.807, 2.05) is 6.08 Å². The Labute approximate surface area is 145 Å². The van der Waals surface area contributed by atoms with Crippen LogP contribution in [0, 0.1) is 11.8 Å². The number of rotatable bonds is 10. The fraction of sp³-hybridized carbons (Fsp3) is 0.842. The lowest BCUT2D eigenvalue weighted by Crippen LogP contribution is -2.30. The van der Waals surface area contributed by atoms with Gasteiger partial charge in [0.2, 0.25) is 0 Å². The number of ether oxygens (including phenoxy) is 2. The van der Waals surface area contributed by atoms with Crippen LogP contribution in [0.2, 0.25) is 0 Å². The molecule has 0 aromatic heterocycles. The Bertz CT molecular complexity index is 391. The van der Waals surface area contributed by atoms with Crippen molar-refractivity contribution in [2.24, 2.45) is 11.8 Å². The minimum absolute atomic E-state index is 0.00221. The standard InChI is InChI=1S/C19H32O5/c1-2-14-15(9-5-3-4-6-10-18(21)22)16(20)13-17(14)24-19-11-7-8-12-23-19/h2,14-17,19-20H,1,3-13H2,(H,21,22)/t14-,15-,16+,17-,19?/m1/s1. The van der Waals surface area contributed by atoms with E-state index in [0.29, 0.717) is 6.42 Å². The van der Waals surface area contributed by atoms with Gasteiger partial charge in [-0.2, -0.15) is 0 Å². The quantitative estimate of drug-likeness (QED) is 0.470. The van der Waals surface area contributed by atoms with E-state index >= 15 is 0 Å². The number of unbranched alkanes of at least 4 members (excludes halogenated alkanes) is 3. The molecule has 5 heteroatoms. The molecule has 0 amide bonds. The van der Waals surface area contributed by atoms with E-state index in [1.54, 1.807) is 0 Å². The molecule has 1 aliphatic heterocycles. The van der Waals surface area contributed by atoms with Gasteiger partial charge >= 0.3 is 5.97 Å². The first-order chi connectivity index (χ1) is 11.6. The number of carboxylic acid groups (broad SMARTS) is 1. The molecule has 0 spiro atoms. The third-order valence-corrected chi connectivity index (χ3v) is 5.31. The van der Waals surface area contributed by atoms with Crippen LogP contribution in [0.5, 0.6) is 0 Å². The van der Waals surface area contributed by atoms with Crippen LogP contribution in [-0.4, -0.2) is 41.3 Å². The van der Waals surface area contributed by atoms with E-state index in [-0.39, 0.29) is 36.8 Å².